The van der Waals surface area contributed by atoms with Crippen LogP contribution < -0.4 is 11.3 Å². The Morgan fingerprint density at radius 3 is 2.81 bits per heavy atom. The lowest BCUT2D eigenvalue weighted by atomic mass is 10.1. The third-order valence-corrected chi connectivity index (χ3v) is 4.50. The van der Waals surface area contributed by atoms with Gasteiger partial charge in [-0.05, 0) is 18.1 Å². The van der Waals surface area contributed by atoms with Gasteiger partial charge in [-0.3, -0.25) is 4.79 Å². The smallest absolute Gasteiger partial charge is 0.255 e. The van der Waals surface area contributed by atoms with Crippen LogP contribution in [0, 0.1) is 0 Å². The van der Waals surface area contributed by atoms with Gasteiger partial charge in [0.15, 0.2) is 9.84 Å². The molecule has 0 unspecified atom stereocenters. The molecule has 0 aromatic carbocycles. The molecule has 1 aromatic heterocycles. The molecule has 0 spiro atoms. The van der Waals surface area contributed by atoms with E-state index in [2.05, 4.69) is 0 Å². The first-order valence-corrected chi connectivity index (χ1v) is 6.88. The molecule has 5 nitrogen and oxygen atoms in total. The minimum atomic E-state index is -3.05. The number of aromatic nitrogens is 1. The van der Waals surface area contributed by atoms with Crippen LogP contribution in [-0.2, 0) is 35.6 Å². The molecule has 0 radical (unpaired) electrons. The van der Waals surface area contributed by atoms with E-state index < -0.39 is 9.84 Å². The van der Waals surface area contributed by atoms with Crippen LogP contribution in [0.1, 0.15) is 16.8 Å². The van der Waals surface area contributed by atoms with Gasteiger partial charge in [0.1, 0.15) is 0 Å². The zero-order valence-electron chi connectivity index (χ0n) is 9.06. The molecule has 88 valence electrons. The average molecular weight is 242 g/mol. The lowest BCUT2D eigenvalue weighted by Crippen LogP contribution is -2.31. The van der Waals surface area contributed by atoms with Gasteiger partial charge < -0.3 is 10.3 Å². The maximum absolute atomic E-state index is 11.8. The highest BCUT2D eigenvalue weighted by Crippen LogP contribution is 2.19. The Morgan fingerprint density at radius 2 is 2.19 bits per heavy atom. The van der Waals surface area contributed by atoms with E-state index >= 15 is 0 Å². The van der Waals surface area contributed by atoms with Gasteiger partial charge in [-0.15, -0.1) is 0 Å². The van der Waals surface area contributed by atoms with Crippen LogP contribution in [-0.4, -0.2) is 18.7 Å². The fourth-order valence-corrected chi connectivity index (χ4v) is 3.48. The van der Waals surface area contributed by atoms with Gasteiger partial charge in [0.2, 0.25) is 0 Å². The van der Waals surface area contributed by atoms with E-state index in [1.54, 1.807) is 13.1 Å². The van der Waals surface area contributed by atoms with Crippen LogP contribution >= 0.6 is 0 Å². The van der Waals surface area contributed by atoms with Crippen molar-refractivity contribution in [3.8, 4) is 0 Å². The number of hydrogen-bond acceptors (Lipinski definition) is 4. The summed E-state index contributed by atoms with van der Waals surface area (Å²) in [6.07, 6.45) is 0.471. The molecule has 0 bridgehead atoms. The monoisotopic (exact) mass is 242 g/mol. The number of sulfone groups is 1. The molecule has 0 fully saturated rings. The molecule has 2 N–H and O–H groups in total. The highest BCUT2D eigenvalue weighted by Gasteiger charge is 2.24. The van der Waals surface area contributed by atoms with E-state index in [1.165, 1.54) is 4.57 Å². The van der Waals surface area contributed by atoms with E-state index in [-0.39, 0.29) is 23.6 Å². The quantitative estimate of drug-likeness (QED) is 0.707. The maximum atomic E-state index is 11.8. The van der Waals surface area contributed by atoms with Gasteiger partial charge in [0, 0.05) is 24.8 Å². The molecular weight excluding hydrogens is 228 g/mol. The van der Waals surface area contributed by atoms with Crippen LogP contribution in [0.5, 0.6) is 0 Å². The summed E-state index contributed by atoms with van der Waals surface area (Å²) in [6, 6.07) is 1.74. The molecule has 1 aliphatic rings. The van der Waals surface area contributed by atoms with Crippen molar-refractivity contribution in [1.29, 1.82) is 0 Å². The van der Waals surface area contributed by atoms with Crippen molar-refractivity contribution in [2.75, 3.05) is 5.75 Å². The first kappa shape index (κ1) is 11.3. The van der Waals surface area contributed by atoms with Crippen LogP contribution in [0.25, 0.3) is 0 Å². The highest BCUT2D eigenvalue weighted by molar-refractivity contribution is 7.90. The SMILES string of the molecule is Cn1c2c(cc(CN)c1=O)CCS(=O)(=O)C2. The van der Waals surface area contributed by atoms with Crippen LogP contribution in [0.2, 0.25) is 0 Å². The van der Waals surface area contributed by atoms with Crippen LogP contribution in [0.3, 0.4) is 0 Å². The number of rotatable bonds is 1. The van der Waals surface area contributed by atoms with Gasteiger partial charge in [0.25, 0.3) is 5.56 Å². The second-order valence-electron chi connectivity index (χ2n) is 4.05. The molecule has 1 aromatic rings. The lowest BCUT2D eigenvalue weighted by molar-refractivity contribution is 0.586. The molecule has 0 saturated heterocycles. The molecule has 0 aliphatic carbocycles. The Bertz CT molecular complexity index is 587. The normalized spacial score (nSPS) is 18.1. The van der Waals surface area contributed by atoms with Crippen molar-refractivity contribution >= 4 is 9.84 Å². The summed E-state index contributed by atoms with van der Waals surface area (Å²) in [7, 11) is -1.45. The van der Waals surface area contributed by atoms with Gasteiger partial charge in [-0.2, -0.15) is 0 Å². The van der Waals surface area contributed by atoms with E-state index in [9.17, 15) is 13.2 Å². The topological polar surface area (TPSA) is 82.2 Å². The zero-order chi connectivity index (χ0) is 11.9. The molecule has 6 heteroatoms. The summed E-state index contributed by atoms with van der Waals surface area (Å²) in [5.41, 5.74) is 7.35. The Balaban J connectivity index is 2.67. The van der Waals surface area contributed by atoms with Crippen molar-refractivity contribution < 1.29 is 8.42 Å². The summed E-state index contributed by atoms with van der Waals surface area (Å²) in [4.78, 5) is 11.8. The van der Waals surface area contributed by atoms with E-state index in [4.69, 9.17) is 5.73 Å². The Hall–Kier alpha value is -1.14. The summed E-state index contributed by atoms with van der Waals surface area (Å²) >= 11 is 0. The van der Waals surface area contributed by atoms with Crippen molar-refractivity contribution in [3.05, 3.63) is 33.2 Å². The average Bonchev–Trinajstić information content (AvgIpc) is 2.23. The number of fused-ring (bicyclic) bond motifs is 1. The standard InChI is InChI=1S/C10H14N2O3S/c1-12-9-6-16(14,15)3-2-7(9)4-8(5-11)10(12)13/h4H,2-3,5-6,11H2,1H3. The zero-order valence-corrected chi connectivity index (χ0v) is 9.88. The van der Waals surface area contributed by atoms with Crippen LogP contribution in [0.4, 0.5) is 0 Å². The Labute approximate surface area is 93.8 Å². The second-order valence-corrected chi connectivity index (χ2v) is 6.24. The number of nitrogens with two attached hydrogens (primary N) is 1. The minimum Gasteiger partial charge on any atom is -0.326 e. The van der Waals surface area contributed by atoms with Crippen molar-refractivity contribution in [2.24, 2.45) is 12.8 Å². The molecule has 0 amide bonds. The first-order chi connectivity index (χ1) is 7.44. The number of pyridine rings is 1. The fraction of sp³-hybridized carbons (Fsp3) is 0.500. The third-order valence-electron chi connectivity index (χ3n) is 2.96. The number of hydrogen-bond donors (Lipinski definition) is 1. The Kier molecular flexibility index (Phi) is 2.63. The predicted molar refractivity (Wildman–Crippen MR) is 60.8 cm³/mol. The van der Waals surface area contributed by atoms with Gasteiger partial charge >= 0.3 is 0 Å². The first-order valence-electron chi connectivity index (χ1n) is 5.06. The van der Waals surface area contributed by atoms with Crippen molar-refractivity contribution in [2.45, 2.75) is 18.7 Å². The molecule has 2 heterocycles. The van der Waals surface area contributed by atoms with Gasteiger partial charge in [-0.25, -0.2) is 8.42 Å². The van der Waals surface area contributed by atoms with Crippen molar-refractivity contribution in [3.63, 3.8) is 0 Å². The summed E-state index contributed by atoms with van der Waals surface area (Å²) < 4.78 is 24.4. The van der Waals surface area contributed by atoms with E-state index in [0.717, 1.165) is 5.56 Å². The number of aryl methyl sites for hydroxylation is 1. The molecule has 16 heavy (non-hydrogen) atoms. The minimum absolute atomic E-state index is 0.0427. The van der Waals surface area contributed by atoms with Crippen LogP contribution in [0.15, 0.2) is 10.9 Å². The number of nitrogens with zero attached hydrogens (tertiary/aromatic N) is 1. The van der Waals surface area contributed by atoms with Crippen molar-refractivity contribution in [1.82, 2.24) is 4.57 Å². The maximum Gasteiger partial charge on any atom is 0.255 e. The summed E-state index contributed by atoms with van der Waals surface area (Å²) in [6.45, 7) is 0.187. The fourth-order valence-electron chi connectivity index (χ4n) is 2.01. The van der Waals surface area contributed by atoms with E-state index in [0.29, 0.717) is 17.7 Å². The summed E-state index contributed by atoms with van der Waals surface area (Å²) in [5, 5.41) is 0. The molecule has 2 rings (SSSR count). The molecule has 1 aliphatic heterocycles. The molecular formula is C10H14N2O3S. The Morgan fingerprint density at radius 1 is 1.50 bits per heavy atom. The van der Waals surface area contributed by atoms with Gasteiger partial charge in [0.05, 0.1) is 11.5 Å². The largest absolute Gasteiger partial charge is 0.326 e. The summed E-state index contributed by atoms with van der Waals surface area (Å²) in [5.74, 6) is 0.112. The second kappa shape index (κ2) is 3.71. The lowest BCUT2D eigenvalue weighted by Gasteiger charge is -2.20. The van der Waals surface area contributed by atoms with E-state index in [1.807, 2.05) is 0 Å². The molecule has 0 saturated carbocycles. The third kappa shape index (κ3) is 1.78. The highest BCUT2D eigenvalue weighted by atomic mass is 32.2. The van der Waals surface area contributed by atoms with Gasteiger partial charge in [-0.1, -0.05) is 0 Å². The predicted octanol–water partition coefficient (Wildman–Crippen LogP) is -0.685. The molecule has 0 atom stereocenters.